The van der Waals surface area contributed by atoms with Gasteiger partial charge in [0.2, 0.25) is 0 Å². The van der Waals surface area contributed by atoms with Crippen LogP contribution in [0.4, 0.5) is 0 Å². The molecule has 1 saturated carbocycles. The van der Waals surface area contributed by atoms with Gasteiger partial charge < -0.3 is 10.2 Å². The Bertz CT molecular complexity index is 241. The van der Waals surface area contributed by atoms with Gasteiger partial charge in [0, 0.05) is 6.42 Å². The van der Waals surface area contributed by atoms with Crippen molar-refractivity contribution in [3.63, 3.8) is 0 Å². The average molecular weight is 210 g/mol. The molecule has 2 nitrogen and oxygen atoms in total. The van der Waals surface area contributed by atoms with Gasteiger partial charge in [-0.05, 0) is 44.9 Å². The molecule has 0 amide bonds. The first-order valence-electron chi connectivity index (χ1n) is 5.88. The Morgan fingerprint density at radius 1 is 1.40 bits per heavy atom. The van der Waals surface area contributed by atoms with E-state index in [-0.39, 0.29) is 0 Å². The van der Waals surface area contributed by atoms with Crippen molar-refractivity contribution in [3.8, 4) is 11.8 Å². The predicted octanol–water partition coefficient (Wildman–Crippen LogP) is 2.09. The standard InChI is InChI=1S/C13H22O2/c1-3-4-5-6-12(14)13(15)9-7-11(2)8-10-13/h11-12,14-15H,5-10H2,1-2H3. The number of rotatable bonds is 3. The Hall–Kier alpha value is -0.520. The Labute approximate surface area is 92.7 Å². The lowest BCUT2D eigenvalue weighted by Gasteiger charge is -2.38. The van der Waals surface area contributed by atoms with E-state index in [1.807, 2.05) is 0 Å². The number of aliphatic hydroxyl groups excluding tert-OH is 1. The molecule has 0 aromatic carbocycles. The van der Waals surface area contributed by atoms with Crippen LogP contribution in [0, 0.1) is 17.8 Å². The van der Waals surface area contributed by atoms with Gasteiger partial charge in [-0.3, -0.25) is 0 Å². The highest BCUT2D eigenvalue weighted by Gasteiger charge is 2.37. The first-order valence-corrected chi connectivity index (χ1v) is 5.88. The van der Waals surface area contributed by atoms with Crippen molar-refractivity contribution >= 4 is 0 Å². The third-order valence-electron chi connectivity index (χ3n) is 3.48. The average Bonchev–Trinajstić information content (AvgIpc) is 2.23. The summed E-state index contributed by atoms with van der Waals surface area (Å²) in [4.78, 5) is 0. The van der Waals surface area contributed by atoms with Crippen molar-refractivity contribution in [2.24, 2.45) is 5.92 Å². The third kappa shape index (κ3) is 3.52. The molecule has 0 aromatic heterocycles. The van der Waals surface area contributed by atoms with Gasteiger partial charge in [0.25, 0.3) is 0 Å². The maximum atomic E-state index is 10.3. The minimum atomic E-state index is -0.845. The Balaban J connectivity index is 2.41. The Morgan fingerprint density at radius 2 is 2.00 bits per heavy atom. The maximum absolute atomic E-state index is 10.3. The molecular weight excluding hydrogens is 188 g/mol. The van der Waals surface area contributed by atoms with Crippen LogP contribution in [0.3, 0.4) is 0 Å². The number of aliphatic hydroxyl groups is 2. The lowest BCUT2D eigenvalue weighted by Crippen LogP contribution is -2.45. The topological polar surface area (TPSA) is 40.5 Å². The summed E-state index contributed by atoms with van der Waals surface area (Å²) in [6, 6.07) is 0. The monoisotopic (exact) mass is 210 g/mol. The molecule has 1 atom stereocenters. The van der Waals surface area contributed by atoms with Crippen molar-refractivity contribution in [2.45, 2.75) is 64.1 Å². The summed E-state index contributed by atoms with van der Waals surface area (Å²) in [5, 5.41) is 20.2. The maximum Gasteiger partial charge on any atom is 0.0906 e. The lowest BCUT2D eigenvalue weighted by atomic mass is 9.75. The minimum Gasteiger partial charge on any atom is -0.390 e. The number of hydrogen-bond acceptors (Lipinski definition) is 2. The highest BCUT2D eigenvalue weighted by molar-refractivity contribution is 4.98. The van der Waals surface area contributed by atoms with Crippen molar-refractivity contribution in [1.29, 1.82) is 0 Å². The Kier molecular flexibility index (Phi) is 4.63. The summed E-state index contributed by atoms with van der Waals surface area (Å²) in [6.45, 7) is 4.00. The molecule has 15 heavy (non-hydrogen) atoms. The quantitative estimate of drug-likeness (QED) is 0.700. The molecule has 0 saturated heterocycles. The van der Waals surface area contributed by atoms with Crippen LogP contribution >= 0.6 is 0 Å². The van der Waals surface area contributed by atoms with Crippen molar-refractivity contribution in [1.82, 2.24) is 0 Å². The van der Waals surface area contributed by atoms with E-state index in [4.69, 9.17) is 0 Å². The second-order valence-electron chi connectivity index (χ2n) is 4.77. The number of hydrogen-bond donors (Lipinski definition) is 2. The van der Waals surface area contributed by atoms with E-state index in [0.29, 0.717) is 18.8 Å². The second-order valence-corrected chi connectivity index (χ2v) is 4.77. The molecular formula is C13H22O2. The van der Waals surface area contributed by atoms with E-state index < -0.39 is 11.7 Å². The molecule has 0 aliphatic heterocycles. The fourth-order valence-corrected chi connectivity index (χ4v) is 2.20. The zero-order valence-corrected chi connectivity index (χ0v) is 9.79. The summed E-state index contributed by atoms with van der Waals surface area (Å²) in [5.41, 5.74) is -0.845. The van der Waals surface area contributed by atoms with Crippen LogP contribution in [0.1, 0.15) is 52.4 Å². The summed E-state index contributed by atoms with van der Waals surface area (Å²) in [7, 11) is 0. The summed E-state index contributed by atoms with van der Waals surface area (Å²) >= 11 is 0. The van der Waals surface area contributed by atoms with E-state index in [0.717, 1.165) is 25.7 Å². The van der Waals surface area contributed by atoms with Gasteiger partial charge in [-0.25, -0.2) is 0 Å². The van der Waals surface area contributed by atoms with E-state index in [9.17, 15) is 10.2 Å². The van der Waals surface area contributed by atoms with Gasteiger partial charge in [-0.1, -0.05) is 6.92 Å². The van der Waals surface area contributed by atoms with Crippen LogP contribution in [-0.4, -0.2) is 21.9 Å². The summed E-state index contributed by atoms with van der Waals surface area (Å²) in [6.07, 6.45) is 4.16. The first kappa shape index (κ1) is 12.5. The molecule has 1 unspecified atom stereocenters. The Morgan fingerprint density at radius 3 is 2.53 bits per heavy atom. The van der Waals surface area contributed by atoms with Gasteiger partial charge in [-0.2, -0.15) is 0 Å². The fraction of sp³-hybridized carbons (Fsp3) is 0.846. The molecule has 0 bridgehead atoms. The molecule has 86 valence electrons. The minimum absolute atomic E-state index is 0.589. The molecule has 2 N–H and O–H groups in total. The highest BCUT2D eigenvalue weighted by atomic mass is 16.3. The van der Waals surface area contributed by atoms with Gasteiger partial charge in [0.1, 0.15) is 0 Å². The van der Waals surface area contributed by atoms with E-state index in [2.05, 4.69) is 18.8 Å². The summed E-state index contributed by atoms with van der Waals surface area (Å²) in [5.74, 6) is 6.41. The van der Waals surface area contributed by atoms with Gasteiger partial charge in [0.15, 0.2) is 0 Å². The summed E-state index contributed by atoms with van der Waals surface area (Å²) < 4.78 is 0. The normalized spacial score (nSPS) is 32.9. The van der Waals surface area contributed by atoms with Crippen LogP contribution in [0.15, 0.2) is 0 Å². The van der Waals surface area contributed by atoms with Gasteiger partial charge >= 0.3 is 0 Å². The first-order chi connectivity index (χ1) is 7.08. The zero-order chi connectivity index (χ0) is 11.3. The second kappa shape index (κ2) is 5.53. The molecule has 0 radical (unpaired) electrons. The highest BCUT2D eigenvalue weighted by Crippen LogP contribution is 2.35. The van der Waals surface area contributed by atoms with Crippen molar-refractivity contribution < 1.29 is 10.2 Å². The van der Waals surface area contributed by atoms with Crippen LogP contribution in [0.5, 0.6) is 0 Å². The van der Waals surface area contributed by atoms with E-state index in [1.54, 1.807) is 6.92 Å². The lowest BCUT2D eigenvalue weighted by molar-refractivity contribution is -0.105. The predicted molar refractivity (Wildman–Crippen MR) is 61.3 cm³/mol. The van der Waals surface area contributed by atoms with Crippen molar-refractivity contribution in [2.75, 3.05) is 0 Å². The van der Waals surface area contributed by atoms with E-state index >= 15 is 0 Å². The zero-order valence-electron chi connectivity index (χ0n) is 9.79. The van der Waals surface area contributed by atoms with Crippen LogP contribution in [0.2, 0.25) is 0 Å². The van der Waals surface area contributed by atoms with Crippen LogP contribution in [0.25, 0.3) is 0 Å². The molecule has 0 heterocycles. The fourth-order valence-electron chi connectivity index (χ4n) is 2.20. The molecule has 1 aliphatic carbocycles. The molecule has 1 fully saturated rings. The molecule has 1 aliphatic rings. The third-order valence-corrected chi connectivity index (χ3v) is 3.48. The molecule has 0 aromatic rings. The SMILES string of the molecule is CC#CCCC(O)C1(O)CCC(C)CC1. The molecule has 2 heteroatoms. The van der Waals surface area contributed by atoms with Gasteiger partial charge in [-0.15, -0.1) is 11.8 Å². The largest absolute Gasteiger partial charge is 0.390 e. The molecule has 1 rings (SSSR count). The van der Waals surface area contributed by atoms with Crippen molar-refractivity contribution in [3.05, 3.63) is 0 Å². The van der Waals surface area contributed by atoms with Crippen LogP contribution < -0.4 is 0 Å². The molecule has 0 spiro atoms. The van der Waals surface area contributed by atoms with Gasteiger partial charge in [0.05, 0.1) is 11.7 Å². The van der Waals surface area contributed by atoms with Crippen LogP contribution in [-0.2, 0) is 0 Å². The smallest absolute Gasteiger partial charge is 0.0906 e. The van der Waals surface area contributed by atoms with E-state index in [1.165, 1.54) is 0 Å².